The van der Waals surface area contributed by atoms with Crippen molar-refractivity contribution in [1.29, 1.82) is 0 Å². The van der Waals surface area contributed by atoms with Gasteiger partial charge in [-0.2, -0.15) is 0 Å². The first-order chi connectivity index (χ1) is 9.24. The van der Waals surface area contributed by atoms with E-state index in [1.807, 2.05) is 30.5 Å². The summed E-state index contributed by atoms with van der Waals surface area (Å²) in [5.41, 5.74) is 1.71. The maximum Gasteiger partial charge on any atom is 0.251 e. The van der Waals surface area contributed by atoms with Crippen LogP contribution in [0.4, 0.5) is 0 Å². The Hall–Kier alpha value is -1.20. The lowest BCUT2D eigenvalue weighted by Gasteiger charge is -2.07. The fourth-order valence-electron chi connectivity index (χ4n) is 1.70. The van der Waals surface area contributed by atoms with Crippen LogP contribution in [-0.2, 0) is 18.3 Å². The number of carbonyl (C=O) groups is 1. The Balaban J connectivity index is 2.01. The molecule has 2 rings (SSSR count). The van der Waals surface area contributed by atoms with Crippen molar-refractivity contribution in [2.24, 2.45) is 0 Å². The Bertz CT molecular complexity index is 568. The third kappa shape index (κ3) is 3.64. The summed E-state index contributed by atoms with van der Waals surface area (Å²) in [6.07, 6.45) is 2.86. The van der Waals surface area contributed by atoms with Crippen LogP contribution in [0.15, 0.2) is 30.5 Å². The summed E-state index contributed by atoms with van der Waals surface area (Å²) in [6, 6.07) is 7.59. The average Bonchev–Trinajstić information content (AvgIpc) is 2.92. The molecule has 0 unspecified atom stereocenters. The monoisotopic (exact) mass is 338 g/mol. The van der Waals surface area contributed by atoms with Gasteiger partial charge in [0.15, 0.2) is 0 Å². The van der Waals surface area contributed by atoms with Gasteiger partial charge in [0.1, 0.15) is 5.01 Å². The van der Waals surface area contributed by atoms with E-state index >= 15 is 0 Å². The molecule has 0 radical (unpaired) electrons. The van der Waals surface area contributed by atoms with Crippen LogP contribution >= 0.6 is 27.3 Å². The van der Waals surface area contributed by atoms with Gasteiger partial charge in [0.05, 0.1) is 6.54 Å². The van der Waals surface area contributed by atoms with Crippen molar-refractivity contribution < 1.29 is 4.79 Å². The number of nitrogens with zero attached hydrogens (tertiary/aromatic N) is 1. The number of halogens is 1. The summed E-state index contributed by atoms with van der Waals surface area (Å²) in [6.45, 7) is 2.59. The van der Waals surface area contributed by atoms with Gasteiger partial charge in [-0.15, -0.1) is 11.3 Å². The third-order valence-corrected chi connectivity index (χ3v) is 4.50. The van der Waals surface area contributed by atoms with Gasteiger partial charge in [0.2, 0.25) is 0 Å². The summed E-state index contributed by atoms with van der Waals surface area (Å²) < 4.78 is 0. The highest BCUT2D eigenvalue weighted by Crippen LogP contribution is 2.15. The number of nitrogens with one attached hydrogen (secondary N) is 1. The Morgan fingerprint density at radius 2 is 2.21 bits per heavy atom. The van der Waals surface area contributed by atoms with Crippen molar-refractivity contribution in [3.63, 3.8) is 0 Å². The smallest absolute Gasteiger partial charge is 0.251 e. The molecule has 0 atom stereocenters. The number of aryl methyl sites for hydroxylation is 1. The molecule has 0 aliphatic rings. The third-order valence-electron chi connectivity index (χ3n) is 2.76. The molecule has 5 heteroatoms. The van der Waals surface area contributed by atoms with Crippen LogP contribution in [0.1, 0.15) is 32.7 Å². The Kier molecular flexibility index (Phi) is 5.10. The molecule has 1 aromatic carbocycles. The van der Waals surface area contributed by atoms with E-state index in [-0.39, 0.29) is 5.91 Å². The van der Waals surface area contributed by atoms with Crippen molar-refractivity contribution in [3.8, 4) is 0 Å². The van der Waals surface area contributed by atoms with Crippen LogP contribution < -0.4 is 5.32 Å². The van der Waals surface area contributed by atoms with Crippen LogP contribution in [0.25, 0.3) is 0 Å². The number of hydrogen-bond acceptors (Lipinski definition) is 3. The number of benzene rings is 1. The van der Waals surface area contributed by atoms with E-state index in [1.54, 1.807) is 11.3 Å². The van der Waals surface area contributed by atoms with E-state index in [4.69, 9.17) is 0 Å². The summed E-state index contributed by atoms with van der Waals surface area (Å²) in [5, 5.41) is 4.54. The van der Waals surface area contributed by atoms with Crippen molar-refractivity contribution in [2.45, 2.75) is 25.2 Å². The molecule has 0 spiro atoms. The Labute approximate surface area is 125 Å². The highest BCUT2D eigenvalue weighted by molar-refractivity contribution is 9.08. The molecule has 1 aromatic heterocycles. The maximum atomic E-state index is 12.1. The summed E-state index contributed by atoms with van der Waals surface area (Å²) in [5.74, 6) is -0.0525. The molecule has 0 saturated heterocycles. The fourth-order valence-corrected chi connectivity index (χ4v) is 2.99. The predicted octanol–water partition coefficient (Wildman–Crippen LogP) is 3.53. The van der Waals surface area contributed by atoms with E-state index in [0.717, 1.165) is 17.0 Å². The zero-order valence-electron chi connectivity index (χ0n) is 10.6. The molecular formula is C14H15BrN2OS. The molecule has 0 fully saturated rings. The first-order valence-corrected chi connectivity index (χ1v) is 8.04. The van der Waals surface area contributed by atoms with Gasteiger partial charge in [-0.25, -0.2) is 4.98 Å². The molecule has 1 heterocycles. The normalized spacial score (nSPS) is 10.4. The predicted molar refractivity (Wildman–Crippen MR) is 81.7 cm³/mol. The number of hydrogen-bond donors (Lipinski definition) is 1. The average molecular weight is 339 g/mol. The summed E-state index contributed by atoms with van der Waals surface area (Å²) >= 11 is 5.04. The zero-order chi connectivity index (χ0) is 13.7. The van der Waals surface area contributed by atoms with E-state index in [9.17, 15) is 4.79 Å². The minimum Gasteiger partial charge on any atom is -0.346 e. The van der Waals surface area contributed by atoms with Gasteiger partial charge < -0.3 is 5.32 Å². The Morgan fingerprint density at radius 1 is 1.42 bits per heavy atom. The molecule has 0 bridgehead atoms. The van der Waals surface area contributed by atoms with Gasteiger partial charge in [0.25, 0.3) is 5.91 Å². The van der Waals surface area contributed by atoms with Gasteiger partial charge in [0, 0.05) is 22.0 Å². The van der Waals surface area contributed by atoms with Crippen LogP contribution in [0, 0.1) is 0 Å². The largest absolute Gasteiger partial charge is 0.346 e. The topological polar surface area (TPSA) is 42.0 Å². The van der Waals surface area contributed by atoms with Crippen molar-refractivity contribution in [2.75, 3.05) is 0 Å². The minimum atomic E-state index is -0.0525. The van der Waals surface area contributed by atoms with Crippen molar-refractivity contribution in [3.05, 3.63) is 51.5 Å². The van der Waals surface area contributed by atoms with E-state index in [1.165, 1.54) is 4.88 Å². The molecule has 1 amide bonds. The second-order valence-corrected chi connectivity index (χ2v) is 5.81. The van der Waals surface area contributed by atoms with Gasteiger partial charge >= 0.3 is 0 Å². The summed E-state index contributed by atoms with van der Waals surface area (Å²) in [4.78, 5) is 17.6. The maximum absolute atomic E-state index is 12.1. The number of alkyl halides is 1. The zero-order valence-corrected chi connectivity index (χ0v) is 13.1. The highest BCUT2D eigenvalue weighted by Gasteiger charge is 2.10. The first-order valence-electron chi connectivity index (χ1n) is 6.10. The Morgan fingerprint density at radius 3 is 2.89 bits per heavy atom. The van der Waals surface area contributed by atoms with Crippen LogP contribution in [0.2, 0.25) is 0 Å². The molecule has 19 heavy (non-hydrogen) atoms. The lowest BCUT2D eigenvalue weighted by molar-refractivity contribution is 0.0950. The van der Waals surface area contributed by atoms with Gasteiger partial charge in [-0.05, 0) is 18.1 Å². The van der Waals surface area contributed by atoms with E-state index < -0.39 is 0 Å². The molecule has 0 saturated carbocycles. The molecule has 0 aliphatic heterocycles. The minimum absolute atomic E-state index is 0.0525. The lowest BCUT2D eigenvalue weighted by Crippen LogP contribution is -2.23. The lowest BCUT2D eigenvalue weighted by atomic mass is 10.1. The SMILES string of the molecule is CCc1cnc(CNC(=O)c2ccccc2CBr)s1. The second-order valence-electron chi connectivity index (χ2n) is 4.05. The number of thiazole rings is 1. The van der Waals surface area contributed by atoms with Gasteiger partial charge in [-0.3, -0.25) is 4.79 Å². The molecule has 100 valence electrons. The van der Waals surface area contributed by atoms with Crippen molar-refractivity contribution >= 4 is 33.2 Å². The van der Waals surface area contributed by atoms with Crippen LogP contribution in [0.3, 0.4) is 0 Å². The van der Waals surface area contributed by atoms with Crippen molar-refractivity contribution in [1.82, 2.24) is 10.3 Å². The second kappa shape index (κ2) is 6.82. The molecule has 0 aliphatic carbocycles. The number of amides is 1. The number of aromatic nitrogens is 1. The first kappa shape index (κ1) is 14.2. The molecule has 1 N–H and O–H groups in total. The van der Waals surface area contributed by atoms with Gasteiger partial charge in [-0.1, -0.05) is 41.1 Å². The number of carbonyl (C=O) groups excluding carboxylic acids is 1. The summed E-state index contributed by atoms with van der Waals surface area (Å²) in [7, 11) is 0. The number of rotatable bonds is 5. The highest BCUT2D eigenvalue weighted by atomic mass is 79.9. The van der Waals surface area contributed by atoms with Crippen LogP contribution in [0.5, 0.6) is 0 Å². The quantitative estimate of drug-likeness (QED) is 0.847. The molecule has 3 nitrogen and oxygen atoms in total. The molecular weight excluding hydrogens is 324 g/mol. The fraction of sp³-hybridized carbons (Fsp3) is 0.286. The molecule has 2 aromatic rings. The van der Waals surface area contributed by atoms with E-state index in [2.05, 4.69) is 33.2 Å². The van der Waals surface area contributed by atoms with Crippen LogP contribution in [-0.4, -0.2) is 10.9 Å². The standard InChI is InChI=1S/C14H15BrN2OS/c1-2-11-8-16-13(19-11)9-17-14(18)12-6-4-3-5-10(12)7-15/h3-6,8H,2,7,9H2,1H3,(H,17,18). The van der Waals surface area contributed by atoms with E-state index in [0.29, 0.717) is 17.4 Å².